The minimum Gasteiger partial charge on any atom is -0.317 e. The molecule has 0 aliphatic heterocycles. The molecule has 0 saturated heterocycles. The molecule has 1 aliphatic rings. The Balaban J connectivity index is 0.000000490. The van der Waals surface area contributed by atoms with E-state index in [9.17, 15) is 4.39 Å². The molecular formula is C5H11ClFN. The second-order valence-electron chi connectivity index (χ2n) is 2.05. The Morgan fingerprint density at radius 2 is 2.00 bits per heavy atom. The molecule has 3 heteroatoms. The van der Waals surface area contributed by atoms with E-state index >= 15 is 0 Å². The number of hydrogen-bond acceptors (Lipinski definition) is 1. The number of nitrogens with one attached hydrogen (secondary N) is 1. The number of alkyl halides is 1. The summed E-state index contributed by atoms with van der Waals surface area (Å²) < 4.78 is 11.9. The molecule has 1 rings (SSSR count). The molecule has 1 N–H and O–H groups in total. The second-order valence-corrected chi connectivity index (χ2v) is 2.05. The number of rotatable bonds is 1. The predicted molar refractivity (Wildman–Crippen MR) is 34.2 cm³/mol. The lowest BCUT2D eigenvalue weighted by atomic mass is 9.91. The summed E-state index contributed by atoms with van der Waals surface area (Å²) >= 11 is 0. The molecule has 0 heterocycles. The highest BCUT2D eigenvalue weighted by Crippen LogP contribution is 2.21. The Morgan fingerprint density at radius 1 is 1.50 bits per heavy atom. The molecule has 0 radical (unpaired) electrons. The Morgan fingerprint density at radius 3 is 2.12 bits per heavy atom. The zero-order valence-electron chi connectivity index (χ0n) is 4.86. The highest BCUT2D eigenvalue weighted by molar-refractivity contribution is 5.85. The fourth-order valence-electron chi connectivity index (χ4n) is 0.784. The van der Waals surface area contributed by atoms with E-state index in [2.05, 4.69) is 5.32 Å². The van der Waals surface area contributed by atoms with E-state index in [0.29, 0.717) is 6.04 Å². The first-order valence-electron chi connectivity index (χ1n) is 2.64. The summed E-state index contributed by atoms with van der Waals surface area (Å²) in [5, 5.41) is 2.99. The van der Waals surface area contributed by atoms with E-state index in [1.165, 1.54) is 0 Å². The van der Waals surface area contributed by atoms with Crippen molar-refractivity contribution in [3.8, 4) is 0 Å². The van der Waals surface area contributed by atoms with Gasteiger partial charge in [0.05, 0.1) is 0 Å². The van der Waals surface area contributed by atoms with Crippen molar-refractivity contribution in [2.75, 3.05) is 7.05 Å². The maximum Gasteiger partial charge on any atom is 0.103 e. The van der Waals surface area contributed by atoms with Gasteiger partial charge in [-0.05, 0) is 19.9 Å². The molecule has 0 amide bonds. The second kappa shape index (κ2) is 3.25. The van der Waals surface area contributed by atoms with Gasteiger partial charge in [-0.3, -0.25) is 0 Å². The molecule has 0 atom stereocenters. The quantitative estimate of drug-likeness (QED) is 0.574. The van der Waals surface area contributed by atoms with Gasteiger partial charge in [-0.15, -0.1) is 12.4 Å². The third-order valence-corrected chi connectivity index (χ3v) is 1.49. The molecule has 0 bridgehead atoms. The zero-order chi connectivity index (χ0) is 5.28. The van der Waals surface area contributed by atoms with Gasteiger partial charge < -0.3 is 5.32 Å². The third-order valence-electron chi connectivity index (χ3n) is 1.49. The van der Waals surface area contributed by atoms with Crippen LogP contribution in [0.2, 0.25) is 0 Å². The first-order chi connectivity index (χ1) is 3.33. The van der Waals surface area contributed by atoms with Gasteiger partial charge in [0.25, 0.3) is 0 Å². The number of hydrogen-bond donors (Lipinski definition) is 1. The standard InChI is InChI=1S/C5H10FN.ClH/c1-7-5-2-4(6)3-5;/h4-5,7H,2-3H2,1H3;1H. The van der Waals surface area contributed by atoms with Crippen LogP contribution in [0.25, 0.3) is 0 Å². The maximum absolute atomic E-state index is 11.9. The molecule has 0 aromatic carbocycles. The SMILES string of the molecule is CNC1CC(F)C1.Cl. The summed E-state index contributed by atoms with van der Waals surface area (Å²) in [7, 11) is 1.87. The summed E-state index contributed by atoms with van der Waals surface area (Å²) in [5.74, 6) is 0. The highest BCUT2D eigenvalue weighted by atomic mass is 35.5. The fraction of sp³-hybridized carbons (Fsp3) is 1.00. The van der Waals surface area contributed by atoms with Gasteiger partial charge in [0.2, 0.25) is 0 Å². The van der Waals surface area contributed by atoms with Crippen molar-refractivity contribution >= 4 is 12.4 Å². The lowest BCUT2D eigenvalue weighted by Gasteiger charge is -2.28. The average molecular weight is 140 g/mol. The lowest BCUT2D eigenvalue weighted by Crippen LogP contribution is -2.39. The zero-order valence-corrected chi connectivity index (χ0v) is 5.67. The monoisotopic (exact) mass is 139 g/mol. The molecule has 50 valence electrons. The van der Waals surface area contributed by atoms with Gasteiger partial charge in [0.15, 0.2) is 0 Å². The topological polar surface area (TPSA) is 12.0 Å². The van der Waals surface area contributed by atoms with Gasteiger partial charge in [-0.1, -0.05) is 0 Å². The van der Waals surface area contributed by atoms with Crippen LogP contribution in [0.5, 0.6) is 0 Å². The molecule has 0 unspecified atom stereocenters. The molecule has 1 aliphatic carbocycles. The Bertz CT molecular complexity index is 63.4. The fourth-order valence-corrected chi connectivity index (χ4v) is 0.784. The molecule has 8 heavy (non-hydrogen) atoms. The van der Waals surface area contributed by atoms with Crippen molar-refractivity contribution in [1.82, 2.24) is 5.32 Å². The summed E-state index contributed by atoms with van der Waals surface area (Å²) in [6.45, 7) is 0. The Hall–Kier alpha value is 0.180. The van der Waals surface area contributed by atoms with E-state index in [-0.39, 0.29) is 12.4 Å². The Kier molecular flexibility index (Phi) is 3.33. The van der Waals surface area contributed by atoms with Crippen LogP contribution in [-0.2, 0) is 0 Å². The predicted octanol–water partition coefficient (Wildman–Crippen LogP) is 1.13. The smallest absolute Gasteiger partial charge is 0.103 e. The van der Waals surface area contributed by atoms with E-state index < -0.39 is 6.17 Å². The van der Waals surface area contributed by atoms with Gasteiger partial charge in [0.1, 0.15) is 6.17 Å². The molecule has 0 aromatic heterocycles. The van der Waals surface area contributed by atoms with Crippen molar-refractivity contribution in [3.63, 3.8) is 0 Å². The minimum absolute atomic E-state index is 0. The summed E-state index contributed by atoms with van der Waals surface area (Å²) in [6.07, 6.45) is 0.921. The lowest BCUT2D eigenvalue weighted by molar-refractivity contribution is 0.162. The van der Waals surface area contributed by atoms with Crippen LogP contribution in [-0.4, -0.2) is 19.3 Å². The van der Waals surface area contributed by atoms with Crippen LogP contribution in [0, 0.1) is 0 Å². The molecule has 0 spiro atoms. The van der Waals surface area contributed by atoms with Crippen LogP contribution in [0.4, 0.5) is 4.39 Å². The average Bonchev–Trinajstić information content (AvgIpc) is 1.58. The highest BCUT2D eigenvalue weighted by Gasteiger charge is 2.26. The summed E-state index contributed by atoms with van der Waals surface area (Å²) in [5.41, 5.74) is 0. The van der Waals surface area contributed by atoms with E-state index in [1.807, 2.05) is 7.05 Å². The molecule has 0 aromatic rings. The molecule has 1 fully saturated rings. The molecule has 1 saturated carbocycles. The van der Waals surface area contributed by atoms with Crippen LogP contribution in [0.1, 0.15) is 12.8 Å². The van der Waals surface area contributed by atoms with E-state index in [1.54, 1.807) is 0 Å². The van der Waals surface area contributed by atoms with Crippen LogP contribution < -0.4 is 5.32 Å². The summed E-state index contributed by atoms with van der Waals surface area (Å²) in [6, 6.07) is 0.468. The van der Waals surface area contributed by atoms with Crippen molar-refractivity contribution in [3.05, 3.63) is 0 Å². The minimum atomic E-state index is -0.516. The first-order valence-corrected chi connectivity index (χ1v) is 2.64. The van der Waals surface area contributed by atoms with Crippen molar-refractivity contribution in [1.29, 1.82) is 0 Å². The largest absolute Gasteiger partial charge is 0.317 e. The number of halogens is 2. The van der Waals surface area contributed by atoms with Crippen LogP contribution in [0.3, 0.4) is 0 Å². The molecule has 1 nitrogen and oxygen atoms in total. The van der Waals surface area contributed by atoms with E-state index in [4.69, 9.17) is 0 Å². The van der Waals surface area contributed by atoms with Crippen molar-refractivity contribution < 1.29 is 4.39 Å². The third kappa shape index (κ3) is 1.60. The molecular weight excluding hydrogens is 129 g/mol. The van der Waals surface area contributed by atoms with Gasteiger partial charge in [-0.25, -0.2) is 4.39 Å². The van der Waals surface area contributed by atoms with Gasteiger partial charge >= 0.3 is 0 Å². The first kappa shape index (κ1) is 8.18. The summed E-state index contributed by atoms with van der Waals surface area (Å²) in [4.78, 5) is 0. The van der Waals surface area contributed by atoms with Gasteiger partial charge in [0, 0.05) is 6.04 Å². The van der Waals surface area contributed by atoms with Crippen molar-refractivity contribution in [2.45, 2.75) is 25.1 Å². The van der Waals surface area contributed by atoms with Crippen LogP contribution >= 0.6 is 12.4 Å². The van der Waals surface area contributed by atoms with E-state index in [0.717, 1.165) is 12.8 Å². The maximum atomic E-state index is 11.9. The van der Waals surface area contributed by atoms with Crippen LogP contribution in [0.15, 0.2) is 0 Å². The normalized spacial score (nSPS) is 35.2. The van der Waals surface area contributed by atoms with Crippen molar-refractivity contribution in [2.24, 2.45) is 0 Å². The van der Waals surface area contributed by atoms with Gasteiger partial charge in [-0.2, -0.15) is 0 Å². The Labute approximate surface area is 55.1 Å².